The fourth-order valence-electron chi connectivity index (χ4n) is 3.51. The summed E-state index contributed by atoms with van der Waals surface area (Å²) in [7, 11) is 0. The molecule has 0 saturated carbocycles. The van der Waals surface area contributed by atoms with Crippen molar-refractivity contribution < 1.29 is 9.90 Å². The average molecular weight is 339 g/mol. The van der Waals surface area contributed by atoms with Gasteiger partial charge in [0.1, 0.15) is 11.9 Å². The molecule has 1 aromatic heterocycles. The molecule has 25 heavy (non-hydrogen) atoms. The zero-order valence-electron chi connectivity index (χ0n) is 15.1. The van der Waals surface area contributed by atoms with Crippen LogP contribution < -0.4 is 4.90 Å². The lowest BCUT2D eigenvalue weighted by Crippen LogP contribution is -2.45. The summed E-state index contributed by atoms with van der Waals surface area (Å²) in [4.78, 5) is 23.2. The summed E-state index contributed by atoms with van der Waals surface area (Å²) in [6, 6.07) is 7.62. The number of rotatable bonds is 4. The van der Waals surface area contributed by atoms with Crippen molar-refractivity contribution in [3.05, 3.63) is 41.1 Å². The molecule has 1 N–H and O–H groups in total. The summed E-state index contributed by atoms with van der Waals surface area (Å²) in [5.41, 5.74) is 4.12. The van der Waals surface area contributed by atoms with Gasteiger partial charge in [0, 0.05) is 23.4 Å². The van der Waals surface area contributed by atoms with Crippen LogP contribution in [0.5, 0.6) is 0 Å². The highest BCUT2D eigenvalue weighted by Crippen LogP contribution is 2.30. The number of anilines is 1. The lowest BCUT2D eigenvalue weighted by atomic mass is 10.0. The van der Waals surface area contributed by atoms with Crippen LogP contribution in [0, 0.1) is 13.8 Å². The average Bonchev–Trinajstić information content (AvgIpc) is 2.61. The Hall–Kier alpha value is -2.43. The van der Waals surface area contributed by atoms with Crippen molar-refractivity contribution in [3.8, 4) is 11.4 Å². The molecule has 0 bridgehead atoms. The molecule has 1 atom stereocenters. The maximum Gasteiger partial charge on any atom is 0.326 e. The summed E-state index contributed by atoms with van der Waals surface area (Å²) < 4.78 is 0. The minimum Gasteiger partial charge on any atom is -0.480 e. The Labute approximate surface area is 148 Å². The molecule has 1 aliphatic heterocycles. The Balaban J connectivity index is 2.10. The van der Waals surface area contributed by atoms with Crippen molar-refractivity contribution in [3.63, 3.8) is 0 Å². The van der Waals surface area contributed by atoms with E-state index in [0.717, 1.165) is 48.4 Å². The van der Waals surface area contributed by atoms with Gasteiger partial charge in [-0.1, -0.05) is 36.8 Å². The van der Waals surface area contributed by atoms with Crippen LogP contribution in [0.1, 0.15) is 43.0 Å². The Kier molecular flexibility index (Phi) is 5.02. The highest BCUT2D eigenvalue weighted by atomic mass is 16.4. The number of aliphatic carboxylic acids is 1. The van der Waals surface area contributed by atoms with Crippen LogP contribution in [0.2, 0.25) is 0 Å². The molecule has 3 rings (SSSR count). The predicted molar refractivity (Wildman–Crippen MR) is 98.9 cm³/mol. The highest BCUT2D eigenvalue weighted by Gasteiger charge is 2.31. The first-order valence-electron chi connectivity index (χ1n) is 8.95. The molecule has 1 fully saturated rings. The van der Waals surface area contributed by atoms with Gasteiger partial charge in [-0.2, -0.15) is 0 Å². The van der Waals surface area contributed by atoms with E-state index in [9.17, 15) is 9.90 Å². The molecule has 1 aromatic carbocycles. The van der Waals surface area contributed by atoms with Gasteiger partial charge < -0.3 is 10.0 Å². The van der Waals surface area contributed by atoms with Crippen molar-refractivity contribution >= 4 is 11.8 Å². The maximum atomic E-state index is 11.7. The van der Waals surface area contributed by atoms with Crippen molar-refractivity contribution in [2.24, 2.45) is 0 Å². The summed E-state index contributed by atoms with van der Waals surface area (Å²) in [6.07, 6.45) is 3.40. The summed E-state index contributed by atoms with van der Waals surface area (Å²) in [5.74, 6) is 0.687. The zero-order chi connectivity index (χ0) is 18.0. The number of benzene rings is 1. The van der Waals surface area contributed by atoms with Gasteiger partial charge >= 0.3 is 5.97 Å². The van der Waals surface area contributed by atoms with Crippen molar-refractivity contribution in [2.75, 3.05) is 11.4 Å². The Bertz CT molecular complexity index is 771. The second-order valence-electron chi connectivity index (χ2n) is 6.70. The molecule has 1 aliphatic rings. The number of aromatic nitrogens is 2. The van der Waals surface area contributed by atoms with Crippen LogP contribution in [0.4, 0.5) is 5.82 Å². The molecule has 2 aromatic rings. The lowest BCUT2D eigenvalue weighted by Gasteiger charge is -2.35. The Morgan fingerprint density at radius 1 is 1.20 bits per heavy atom. The lowest BCUT2D eigenvalue weighted by molar-refractivity contribution is -0.139. The third kappa shape index (κ3) is 3.50. The molecule has 132 valence electrons. The number of piperidine rings is 1. The molecule has 0 aliphatic carbocycles. The summed E-state index contributed by atoms with van der Waals surface area (Å²) in [5, 5.41) is 9.63. The Morgan fingerprint density at radius 3 is 2.56 bits per heavy atom. The standard InChI is InChI=1S/C20H25N3O2/c1-4-16-14(3)21-18(15-10-8-13(2)9-11-15)22-19(16)23-12-6-5-7-17(23)20(24)25/h8-11,17H,4-7,12H2,1-3H3,(H,24,25). The monoisotopic (exact) mass is 339 g/mol. The molecule has 0 spiro atoms. The van der Waals surface area contributed by atoms with Crippen LogP contribution >= 0.6 is 0 Å². The fraction of sp³-hybridized carbons (Fsp3) is 0.450. The van der Waals surface area contributed by atoms with E-state index in [0.29, 0.717) is 12.2 Å². The number of aryl methyl sites for hydroxylation is 2. The van der Waals surface area contributed by atoms with Crippen LogP contribution in [0.15, 0.2) is 24.3 Å². The van der Waals surface area contributed by atoms with Gasteiger partial charge in [0.2, 0.25) is 0 Å². The number of nitrogens with zero attached hydrogens (tertiary/aromatic N) is 3. The molecular weight excluding hydrogens is 314 g/mol. The van der Waals surface area contributed by atoms with Crippen LogP contribution in [0.3, 0.4) is 0 Å². The highest BCUT2D eigenvalue weighted by molar-refractivity contribution is 5.78. The third-order valence-corrected chi connectivity index (χ3v) is 4.92. The number of hydrogen-bond acceptors (Lipinski definition) is 4. The number of hydrogen-bond donors (Lipinski definition) is 1. The van der Waals surface area contributed by atoms with Crippen molar-refractivity contribution in [2.45, 2.75) is 52.5 Å². The number of carboxylic acid groups (broad SMARTS) is 1. The van der Waals surface area contributed by atoms with Crippen molar-refractivity contribution in [1.82, 2.24) is 9.97 Å². The molecular formula is C20H25N3O2. The van der Waals surface area contributed by atoms with Gasteiger partial charge in [-0.15, -0.1) is 0 Å². The van der Waals surface area contributed by atoms with Gasteiger partial charge in [-0.3, -0.25) is 0 Å². The number of carboxylic acids is 1. The normalized spacial score (nSPS) is 17.6. The van der Waals surface area contributed by atoms with E-state index in [1.807, 2.05) is 43.0 Å². The van der Waals surface area contributed by atoms with E-state index in [-0.39, 0.29) is 0 Å². The van der Waals surface area contributed by atoms with Gasteiger partial charge in [0.15, 0.2) is 5.82 Å². The molecule has 1 unspecified atom stereocenters. The molecule has 5 heteroatoms. The predicted octanol–water partition coefficient (Wildman–Crippen LogP) is 3.77. The van der Waals surface area contributed by atoms with E-state index >= 15 is 0 Å². The second kappa shape index (κ2) is 7.21. The first kappa shape index (κ1) is 17.4. The van der Waals surface area contributed by atoms with E-state index in [4.69, 9.17) is 4.98 Å². The first-order chi connectivity index (χ1) is 12.0. The molecule has 2 heterocycles. The van der Waals surface area contributed by atoms with Gasteiger partial charge in [-0.25, -0.2) is 14.8 Å². The smallest absolute Gasteiger partial charge is 0.326 e. The van der Waals surface area contributed by atoms with Gasteiger partial charge in [0.25, 0.3) is 0 Å². The van der Waals surface area contributed by atoms with E-state index in [2.05, 4.69) is 11.9 Å². The summed E-state index contributed by atoms with van der Waals surface area (Å²) >= 11 is 0. The summed E-state index contributed by atoms with van der Waals surface area (Å²) in [6.45, 7) is 6.84. The zero-order valence-corrected chi connectivity index (χ0v) is 15.1. The molecule has 1 saturated heterocycles. The van der Waals surface area contributed by atoms with Crippen LogP contribution in [-0.2, 0) is 11.2 Å². The minimum atomic E-state index is -0.769. The quantitative estimate of drug-likeness (QED) is 0.918. The molecule has 0 amide bonds. The third-order valence-electron chi connectivity index (χ3n) is 4.92. The topological polar surface area (TPSA) is 66.3 Å². The van der Waals surface area contributed by atoms with E-state index in [1.165, 1.54) is 5.56 Å². The maximum absolute atomic E-state index is 11.7. The minimum absolute atomic E-state index is 0.501. The van der Waals surface area contributed by atoms with Crippen LogP contribution in [-0.4, -0.2) is 33.6 Å². The van der Waals surface area contributed by atoms with E-state index in [1.54, 1.807) is 0 Å². The fourth-order valence-corrected chi connectivity index (χ4v) is 3.51. The van der Waals surface area contributed by atoms with E-state index < -0.39 is 12.0 Å². The molecule has 0 radical (unpaired) electrons. The Morgan fingerprint density at radius 2 is 1.92 bits per heavy atom. The molecule has 5 nitrogen and oxygen atoms in total. The van der Waals surface area contributed by atoms with Gasteiger partial charge in [0.05, 0.1) is 0 Å². The second-order valence-corrected chi connectivity index (χ2v) is 6.70. The van der Waals surface area contributed by atoms with Gasteiger partial charge in [-0.05, 0) is 39.5 Å². The number of carbonyl (C=O) groups is 1. The SMILES string of the molecule is CCc1c(C)nc(-c2ccc(C)cc2)nc1N1CCCCC1C(=O)O. The van der Waals surface area contributed by atoms with Crippen LogP contribution in [0.25, 0.3) is 11.4 Å². The van der Waals surface area contributed by atoms with Crippen molar-refractivity contribution in [1.29, 1.82) is 0 Å². The largest absolute Gasteiger partial charge is 0.480 e. The first-order valence-corrected chi connectivity index (χ1v) is 8.95.